The maximum absolute atomic E-state index is 10.8. The molecule has 19 heavy (non-hydrogen) atoms. The molecule has 2 rings (SSSR count). The van der Waals surface area contributed by atoms with E-state index in [0.717, 1.165) is 5.56 Å². The zero-order valence-corrected chi connectivity index (χ0v) is 11.4. The number of nitrogens with zero attached hydrogens (tertiary/aromatic N) is 1. The van der Waals surface area contributed by atoms with Crippen LogP contribution in [0.1, 0.15) is 43.5 Å². The summed E-state index contributed by atoms with van der Waals surface area (Å²) in [6.07, 6.45) is 7.05. The van der Waals surface area contributed by atoms with Gasteiger partial charge in [-0.1, -0.05) is 45.2 Å². The molecular formula is C15H20N2O2. The first kappa shape index (κ1) is 15.0. The lowest BCUT2D eigenvalue weighted by atomic mass is 10.1. The molecule has 0 saturated heterocycles. The number of nitrogens with two attached hydrogens (primary N) is 1. The van der Waals surface area contributed by atoms with Crippen LogP contribution in [0.25, 0.3) is 11.3 Å². The molecular weight excluding hydrogens is 240 g/mol. The van der Waals surface area contributed by atoms with E-state index in [1.807, 2.05) is 0 Å². The second-order valence-electron chi connectivity index (χ2n) is 4.16. The van der Waals surface area contributed by atoms with E-state index in [4.69, 9.17) is 10.2 Å². The van der Waals surface area contributed by atoms with Gasteiger partial charge in [-0.05, 0) is 12.1 Å². The molecule has 2 aromatic rings. The molecule has 0 radical (unpaired) electrons. The number of hydrogen-bond donors (Lipinski definition) is 1. The van der Waals surface area contributed by atoms with Crippen LogP contribution in [0.3, 0.4) is 0 Å². The number of hydrogen-bond acceptors (Lipinski definition) is 3. The number of carbonyl (C=O) groups is 1. The fourth-order valence-electron chi connectivity index (χ4n) is 1.51. The number of rotatable bonds is 4. The standard InChI is InChI=1S/C10H8N2O2.C5H12/c11-10(13)8-3-1-7(2-4-8)9-5-12-6-14-9;1-3-5-4-2/h1-6H,(H2,11,13);3-5H2,1-2H3. The first-order valence-corrected chi connectivity index (χ1v) is 6.47. The van der Waals surface area contributed by atoms with Crippen molar-refractivity contribution in [2.45, 2.75) is 33.1 Å². The molecule has 102 valence electrons. The summed E-state index contributed by atoms with van der Waals surface area (Å²) >= 11 is 0. The van der Waals surface area contributed by atoms with Gasteiger partial charge in [-0.2, -0.15) is 0 Å². The van der Waals surface area contributed by atoms with Gasteiger partial charge in [0, 0.05) is 11.1 Å². The summed E-state index contributed by atoms with van der Waals surface area (Å²) in [7, 11) is 0. The quantitative estimate of drug-likeness (QED) is 0.912. The Kier molecular flexibility index (Phi) is 6.36. The van der Waals surface area contributed by atoms with E-state index in [-0.39, 0.29) is 0 Å². The van der Waals surface area contributed by atoms with Gasteiger partial charge in [0.25, 0.3) is 0 Å². The highest BCUT2D eigenvalue weighted by atomic mass is 16.3. The summed E-state index contributed by atoms with van der Waals surface area (Å²) in [5, 5.41) is 0. The molecule has 4 nitrogen and oxygen atoms in total. The average Bonchev–Trinajstić information content (AvgIpc) is 2.94. The van der Waals surface area contributed by atoms with Crippen molar-refractivity contribution >= 4 is 5.91 Å². The molecule has 0 fully saturated rings. The SMILES string of the molecule is CCCCC.NC(=O)c1ccc(-c2cnco2)cc1. The van der Waals surface area contributed by atoms with Crippen LogP contribution in [0.4, 0.5) is 0 Å². The number of benzene rings is 1. The Morgan fingerprint density at radius 2 is 1.84 bits per heavy atom. The van der Waals surface area contributed by atoms with Gasteiger partial charge in [-0.15, -0.1) is 0 Å². The fraction of sp³-hybridized carbons (Fsp3) is 0.333. The van der Waals surface area contributed by atoms with Crippen molar-refractivity contribution < 1.29 is 9.21 Å². The normalized spacial score (nSPS) is 9.58. The van der Waals surface area contributed by atoms with Crippen molar-refractivity contribution in [2.24, 2.45) is 5.73 Å². The first-order valence-electron chi connectivity index (χ1n) is 6.47. The third kappa shape index (κ3) is 4.95. The molecule has 0 aliphatic heterocycles. The Morgan fingerprint density at radius 1 is 1.21 bits per heavy atom. The Morgan fingerprint density at radius 3 is 2.21 bits per heavy atom. The maximum atomic E-state index is 10.8. The lowest BCUT2D eigenvalue weighted by Crippen LogP contribution is -2.10. The van der Waals surface area contributed by atoms with Crippen molar-refractivity contribution in [3.8, 4) is 11.3 Å². The number of carbonyl (C=O) groups excluding carboxylic acids is 1. The molecule has 0 aliphatic carbocycles. The Labute approximate surface area is 113 Å². The molecule has 0 atom stereocenters. The lowest BCUT2D eigenvalue weighted by molar-refractivity contribution is 0.100. The van der Waals surface area contributed by atoms with Crippen LogP contribution < -0.4 is 5.73 Å². The minimum Gasteiger partial charge on any atom is -0.444 e. The predicted octanol–water partition coefficient (Wildman–Crippen LogP) is 3.64. The minimum absolute atomic E-state index is 0.436. The molecule has 1 amide bonds. The van der Waals surface area contributed by atoms with Gasteiger partial charge in [0.15, 0.2) is 12.2 Å². The maximum Gasteiger partial charge on any atom is 0.248 e. The first-order chi connectivity index (χ1) is 9.19. The molecule has 0 aliphatic rings. The van der Waals surface area contributed by atoms with Crippen molar-refractivity contribution in [1.29, 1.82) is 0 Å². The van der Waals surface area contributed by atoms with E-state index in [2.05, 4.69) is 18.8 Å². The monoisotopic (exact) mass is 260 g/mol. The molecule has 4 heteroatoms. The van der Waals surface area contributed by atoms with Crippen molar-refractivity contribution in [1.82, 2.24) is 4.98 Å². The van der Waals surface area contributed by atoms with E-state index in [1.54, 1.807) is 30.5 Å². The number of aromatic nitrogens is 1. The minimum atomic E-state index is -0.436. The predicted molar refractivity (Wildman–Crippen MR) is 75.7 cm³/mol. The molecule has 0 saturated carbocycles. The fourth-order valence-corrected chi connectivity index (χ4v) is 1.51. The van der Waals surface area contributed by atoms with Crippen LogP contribution in [0.15, 0.2) is 41.3 Å². The average molecular weight is 260 g/mol. The van der Waals surface area contributed by atoms with E-state index < -0.39 is 5.91 Å². The van der Waals surface area contributed by atoms with Gasteiger partial charge >= 0.3 is 0 Å². The molecule has 0 unspecified atom stereocenters. The van der Waals surface area contributed by atoms with E-state index in [9.17, 15) is 4.79 Å². The summed E-state index contributed by atoms with van der Waals surface area (Å²) in [6.45, 7) is 4.42. The second kappa shape index (κ2) is 8.08. The zero-order chi connectivity index (χ0) is 14.1. The van der Waals surface area contributed by atoms with Crippen molar-refractivity contribution in [2.75, 3.05) is 0 Å². The van der Waals surface area contributed by atoms with Crippen molar-refractivity contribution in [3.63, 3.8) is 0 Å². The van der Waals surface area contributed by atoms with Gasteiger partial charge in [-0.3, -0.25) is 4.79 Å². The van der Waals surface area contributed by atoms with Crippen LogP contribution in [0, 0.1) is 0 Å². The van der Waals surface area contributed by atoms with Crippen LogP contribution in [-0.2, 0) is 0 Å². The highest BCUT2D eigenvalue weighted by Gasteiger charge is 2.03. The number of primary amides is 1. The number of unbranched alkanes of at least 4 members (excludes halogenated alkanes) is 2. The summed E-state index contributed by atoms with van der Waals surface area (Å²) in [4.78, 5) is 14.6. The van der Waals surface area contributed by atoms with Crippen LogP contribution in [-0.4, -0.2) is 10.9 Å². The Hall–Kier alpha value is -2.10. The summed E-state index contributed by atoms with van der Waals surface area (Å²) in [5.74, 6) is 0.232. The lowest BCUT2D eigenvalue weighted by Gasteiger charge is -1.97. The molecule has 1 heterocycles. The van der Waals surface area contributed by atoms with E-state index in [1.165, 1.54) is 25.7 Å². The molecule has 1 aromatic heterocycles. The van der Waals surface area contributed by atoms with Crippen LogP contribution >= 0.6 is 0 Å². The third-order valence-corrected chi connectivity index (χ3v) is 2.59. The summed E-state index contributed by atoms with van der Waals surface area (Å²) in [6, 6.07) is 6.83. The molecule has 1 aromatic carbocycles. The van der Waals surface area contributed by atoms with E-state index >= 15 is 0 Å². The van der Waals surface area contributed by atoms with Crippen LogP contribution in [0.5, 0.6) is 0 Å². The highest BCUT2D eigenvalue weighted by Crippen LogP contribution is 2.18. The number of amides is 1. The van der Waals surface area contributed by atoms with Crippen molar-refractivity contribution in [3.05, 3.63) is 42.4 Å². The van der Waals surface area contributed by atoms with E-state index in [0.29, 0.717) is 11.3 Å². The largest absolute Gasteiger partial charge is 0.444 e. The molecule has 0 spiro atoms. The summed E-state index contributed by atoms with van der Waals surface area (Å²) in [5.41, 5.74) is 6.46. The van der Waals surface area contributed by atoms with Gasteiger partial charge in [0.1, 0.15) is 0 Å². The molecule has 2 N–H and O–H groups in total. The highest BCUT2D eigenvalue weighted by molar-refractivity contribution is 5.93. The van der Waals surface area contributed by atoms with Crippen LogP contribution in [0.2, 0.25) is 0 Å². The Bertz CT molecular complexity index is 473. The Balaban J connectivity index is 0.000000312. The summed E-state index contributed by atoms with van der Waals surface area (Å²) < 4.78 is 5.09. The number of oxazole rings is 1. The topological polar surface area (TPSA) is 69.1 Å². The van der Waals surface area contributed by atoms with Gasteiger partial charge in [0.2, 0.25) is 5.91 Å². The molecule has 0 bridgehead atoms. The zero-order valence-electron chi connectivity index (χ0n) is 11.4. The smallest absolute Gasteiger partial charge is 0.248 e. The third-order valence-electron chi connectivity index (χ3n) is 2.59. The van der Waals surface area contributed by atoms with Gasteiger partial charge in [0.05, 0.1) is 6.20 Å². The van der Waals surface area contributed by atoms with Gasteiger partial charge < -0.3 is 10.2 Å². The second-order valence-corrected chi connectivity index (χ2v) is 4.16. The van der Waals surface area contributed by atoms with Gasteiger partial charge in [-0.25, -0.2) is 4.98 Å².